The first-order chi connectivity index (χ1) is 6.47. The summed E-state index contributed by atoms with van der Waals surface area (Å²) in [4.78, 5) is 21.4. The van der Waals surface area contributed by atoms with Gasteiger partial charge in [-0.2, -0.15) is 0 Å². The summed E-state index contributed by atoms with van der Waals surface area (Å²) in [6.45, 7) is 5.10. The molecule has 0 rings (SSSR count). The number of carboxylic acids is 1. The molecule has 2 N–H and O–H groups in total. The van der Waals surface area contributed by atoms with Crippen molar-refractivity contribution in [1.82, 2.24) is 5.32 Å². The first-order valence-electron chi connectivity index (χ1n) is 4.31. The van der Waals surface area contributed by atoms with E-state index < -0.39 is 18.0 Å². The second-order valence-corrected chi connectivity index (χ2v) is 2.78. The van der Waals surface area contributed by atoms with E-state index in [9.17, 15) is 9.59 Å². The summed E-state index contributed by atoms with van der Waals surface area (Å²) in [6, 6.07) is -0.722. The van der Waals surface area contributed by atoms with Crippen LogP contribution in [0.4, 0.5) is 0 Å². The number of nitrogens with one attached hydrogen (secondary N) is 1. The van der Waals surface area contributed by atoms with Crippen LogP contribution in [0.15, 0.2) is 11.8 Å². The molecule has 0 spiro atoms. The molecular weight excluding hydrogens is 209 g/mol. The number of carbonyl (C=O) groups is 2. The van der Waals surface area contributed by atoms with Gasteiger partial charge in [0.15, 0.2) is 0 Å². The van der Waals surface area contributed by atoms with E-state index in [0.29, 0.717) is 12.3 Å². The Labute approximate surface area is 113 Å². The summed E-state index contributed by atoms with van der Waals surface area (Å²) in [5.41, 5.74) is 0.471. The van der Waals surface area contributed by atoms with E-state index in [2.05, 4.69) is 10.1 Å². The number of carboxylic acid groups (broad SMARTS) is 1. The van der Waals surface area contributed by atoms with Gasteiger partial charge in [-0.1, -0.05) is 0 Å². The molecule has 0 amide bonds. The zero-order valence-corrected chi connectivity index (χ0v) is 11.5. The van der Waals surface area contributed by atoms with Crippen molar-refractivity contribution in [2.45, 2.75) is 26.8 Å². The quantitative estimate of drug-likeness (QED) is 0.311. The molecule has 6 heteroatoms. The Balaban J connectivity index is -0.000000845. The topological polar surface area (TPSA) is 75.6 Å². The van der Waals surface area contributed by atoms with Crippen LogP contribution < -0.4 is 34.9 Å². The molecule has 0 aromatic rings. The molecule has 0 aliphatic rings. The van der Waals surface area contributed by atoms with Crippen LogP contribution in [-0.4, -0.2) is 29.7 Å². The number of aliphatic carboxylic acids is 1. The standard InChI is InChI=1S/C9H15NO4.Na.H/c1-4-14-8(11)5-6(2)10-7(3)9(12)13;;/h5,7,10H,4H2,1-3H3,(H,12,13);;/q;+1;-1/t7-;;/m0../s1. The molecule has 0 unspecified atom stereocenters. The molecule has 0 fully saturated rings. The minimum atomic E-state index is -0.971. The second kappa shape index (κ2) is 8.76. The van der Waals surface area contributed by atoms with Crippen molar-refractivity contribution >= 4 is 11.9 Å². The van der Waals surface area contributed by atoms with Crippen LogP contribution in [0.2, 0.25) is 0 Å². The van der Waals surface area contributed by atoms with Crippen molar-refractivity contribution in [3.8, 4) is 0 Å². The third-order valence-electron chi connectivity index (χ3n) is 1.44. The fourth-order valence-corrected chi connectivity index (χ4v) is 0.806. The molecule has 82 valence electrons. The summed E-state index contributed by atoms with van der Waals surface area (Å²) in [6.07, 6.45) is 1.23. The molecule has 1 atom stereocenters. The number of rotatable bonds is 5. The summed E-state index contributed by atoms with van der Waals surface area (Å²) >= 11 is 0. The van der Waals surface area contributed by atoms with Crippen LogP contribution in [0.25, 0.3) is 0 Å². The van der Waals surface area contributed by atoms with Gasteiger partial charge in [0, 0.05) is 11.8 Å². The van der Waals surface area contributed by atoms with Gasteiger partial charge in [-0.25, -0.2) is 4.79 Å². The van der Waals surface area contributed by atoms with E-state index in [1.807, 2.05) is 0 Å². The van der Waals surface area contributed by atoms with Crippen LogP contribution in [0.3, 0.4) is 0 Å². The van der Waals surface area contributed by atoms with Crippen molar-refractivity contribution < 1.29 is 50.4 Å². The van der Waals surface area contributed by atoms with Crippen molar-refractivity contribution in [3.05, 3.63) is 11.8 Å². The Bertz CT molecular complexity index is 258. The minimum Gasteiger partial charge on any atom is -1.00 e. The number of carbonyl (C=O) groups excluding carboxylic acids is 1. The zero-order chi connectivity index (χ0) is 11.1. The van der Waals surface area contributed by atoms with Gasteiger partial charge in [-0.05, 0) is 20.8 Å². The monoisotopic (exact) mass is 225 g/mol. The Morgan fingerprint density at radius 3 is 2.53 bits per heavy atom. The number of hydrogen-bond donors (Lipinski definition) is 2. The van der Waals surface area contributed by atoms with E-state index in [-0.39, 0.29) is 31.0 Å². The van der Waals surface area contributed by atoms with Gasteiger partial charge in [-0.3, -0.25) is 4.79 Å². The van der Waals surface area contributed by atoms with E-state index in [1.165, 1.54) is 13.0 Å². The van der Waals surface area contributed by atoms with Gasteiger partial charge in [0.25, 0.3) is 0 Å². The summed E-state index contributed by atoms with van der Waals surface area (Å²) in [7, 11) is 0. The predicted molar refractivity (Wildman–Crippen MR) is 51.7 cm³/mol. The second-order valence-electron chi connectivity index (χ2n) is 2.78. The van der Waals surface area contributed by atoms with Crippen LogP contribution in [0.1, 0.15) is 22.2 Å². The maximum absolute atomic E-state index is 10.9. The Kier molecular flexibility index (Phi) is 9.87. The fourth-order valence-electron chi connectivity index (χ4n) is 0.806. The van der Waals surface area contributed by atoms with Gasteiger partial charge in [0.2, 0.25) is 0 Å². The molecule has 0 saturated carbocycles. The maximum Gasteiger partial charge on any atom is 1.00 e. The maximum atomic E-state index is 10.9. The van der Waals surface area contributed by atoms with Crippen molar-refractivity contribution in [2.24, 2.45) is 0 Å². The molecule has 0 aromatic carbocycles. The van der Waals surface area contributed by atoms with Crippen molar-refractivity contribution in [1.29, 1.82) is 0 Å². The van der Waals surface area contributed by atoms with Crippen LogP contribution >= 0.6 is 0 Å². The van der Waals surface area contributed by atoms with Crippen LogP contribution in [0, 0.1) is 0 Å². The molecule has 5 nitrogen and oxygen atoms in total. The number of ether oxygens (including phenoxy) is 1. The smallest absolute Gasteiger partial charge is 1.00 e. The first kappa shape index (κ1) is 16.9. The summed E-state index contributed by atoms with van der Waals surface area (Å²) < 4.78 is 4.65. The molecule has 0 saturated heterocycles. The van der Waals surface area contributed by atoms with Gasteiger partial charge < -0.3 is 16.6 Å². The number of esters is 1. The normalized spacial score (nSPS) is 12.3. The van der Waals surface area contributed by atoms with Crippen molar-refractivity contribution in [2.75, 3.05) is 6.61 Å². The summed E-state index contributed by atoms with van der Waals surface area (Å²) in [5, 5.41) is 11.2. The Morgan fingerprint density at radius 2 is 2.13 bits per heavy atom. The van der Waals surface area contributed by atoms with E-state index in [0.717, 1.165) is 0 Å². The molecule has 0 aromatic heterocycles. The molecular formula is C9H16NNaO4. The molecule has 0 aliphatic heterocycles. The van der Waals surface area contributed by atoms with Gasteiger partial charge in [0.05, 0.1) is 6.61 Å². The van der Waals surface area contributed by atoms with E-state index in [4.69, 9.17) is 5.11 Å². The van der Waals surface area contributed by atoms with Crippen LogP contribution in [0.5, 0.6) is 0 Å². The molecule has 0 radical (unpaired) electrons. The number of allylic oxidation sites excluding steroid dienone is 1. The average molecular weight is 225 g/mol. The third-order valence-corrected chi connectivity index (χ3v) is 1.44. The average Bonchev–Trinajstić information content (AvgIpc) is 2.03. The first-order valence-corrected chi connectivity index (χ1v) is 4.31. The third kappa shape index (κ3) is 8.47. The Hall–Kier alpha value is -0.520. The SMILES string of the molecule is CCOC(=O)C=C(C)N[C@@H](C)C(=O)O.[H-].[Na+]. The van der Waals surface area contributed by atoms with E-state index >= 15 is 0 Å². The molecule has 0 aliphatic carbocycles. The molecule has 0 bridgehead atoms. The van der Waals surface area contributed by atoms with Gasteiger partial charge in [-0.15, -0.1) is 0 Å². The fraction of sp³-hybridized carbons (Fsp3) is 0.556. The predicted octanol–water partition coefficient (Wildman–Crippen LogP) is -2.37. The molecule has 0 heterocycles. The van der Waals surface area contributed by atoms with Gasteiger partial charge in [0.1, 0.15) is 6.04 Å². The van der Waals surface area contributed by atoms with E-state index in [1.54, 1.807) is 13.8 Å². The van der Waals surface area contributed by atoms with Crippen molar-refractivity contribution in [3.63, 3.8) is 0 Å². The summed E-state index contributed by atoms with van der Waals surface area (Å²) in [5.74, 6) is -1.45. The minimum absolute atomic E-state index is 0. The van der Waals surface area contributed by atoms with Crippen LogP contribution in [-0.2, 0) is 14.3 Å². The largest absolute Gasteiger partial charge is 1.00 e. The zero-order valence-electron chi connectivity index (χ0n) is 10.5. The number of hydrogen-bond acceptors (Lipinski definition) is 4. The molecule has 15 heavy (non-hydrogen) atoms. The van der Waals surface area contributed by atoms with Gasteiger partial charge >= 0.3 is 41.5 Å². The Morgan fingerprint density at radius 1 is 1.60 bits per heavy atom.